The number of fused-ring (bicyclic) bond motifs is 7. The lowest BCUT2D eigenvalue weighted by Crippen LogP contribution is -2.65. The van der Waals surface area contributed by atoms with Crippen LogP contribution in [0.15, 0.2) is 43.0 Å². The Morgan fingerprint density at radius 3 is 2.14 bits per heavy atom. The van der Waals surface area contributed by atoms with Crippen molar-refractivity contribution in [2.24, 2.45) is 50.7 Å². The first kappa shape index (κ1) is 47.1. The van der Waals surface area contributed by atoms with Gasteiger partial charge in [0.05, 0.1) is 12.2 Å². The van der Waals surface area contributed by atoms with Gasteiger partial charge in [-0.05, 0) is 178 Å². The number of hydrogen-bond donors (Lipinski definition) is 3. The number of aliphatic hydroxyl groups excluding tert-OH is 1. The van der Waals surface area contributed by atoms with E-state index in [2.05, 4.69) is 96.0 Å². The van der Waals surface area contributed by atoms with Crippen LogP contribution in [0.2, 0.25) is 0 Å². The van der Waals surface area contributed by atoms with Crippen molar-refractivity contribution < 1.29 is 15.0 Å². The van der Waals surface area contributed by atoms with Crippen LogP contribution >= 0.6 is 0 Å². The van der Waals surface area contributed by atoms with Crippen LogP contribution in [-0.4, -0.2) is 59.9 Å². The molecule has 1 aromatic rings. The Balaban J connectivity index is 0.000000867. The zero-order valence-electron chi connectivity index (χ0n) is 36.0. The van der Waals surface area contributed by atoms with Crippen molar-refractivity contribution in [3.8, 4) is 38.5 Å². The van der Waals surface area contributed by atoms with Gasteiger partial charge in [-0.3, -0.25) is 4.90 Å². The zero-order valence-corrected chi connectivity index (χ0v) is 36.0. The summed E-state index contributed by atoms with van der Waals surface area (Å²) in [5, 5.41) is 23.2. The molecule has 0 aromatic heterocycles. The Hall–Kier alpha value is -3.27. The Bertz CT molecular complexity index is 1520. The van der Waals surface area contributed by atoms with E-state index in [1.165, 1.54) is 88.3 Å². The van der Waals surface area contributed by atoms with Crippen molar-refractivity contribution in [1.82, 2.24) is 10.2 Å². The molecule has 0 bridgehead atoms. The second-order valence-corrected chi connectivity index (χ2v) is 18.9. The molecule has 0 radical (unpaired) electrons. The summed E-state index contributed by atoms with van der Waals surface area (Å²) in [5.41, 5.74) is 4.65. The number of nitrogens with zero attached hydrogens (tertiary/aromatic N) is 1. The number of allylic oxidation sites excluding steroid dienone is 3. The lowest BCUT2D eigenvalue weighted by atomic mass is 9.32. The van der Waals surface area contributed by atoms with E-state index >= 15 is 0 Å². The molecule has 0 amide bonds. The van der Waals surface area contributed by atoms with E-state index in [0.29, 0.717) is 45.8 Å². The van der Waals surface area contributed by atoms with Crippen LogP contribution in [-0.2, 0) is 0 Å². The predicted octanol–water partition coefficient (Wildman–Crippen LogP) is 10.6. The van der Waals surface area contributed by atoms with E-state index in [9.17, 15) is 15.0 Å². The summed E-state index contributed by atoms with van der Waals surface area (Å²) in [7, 11) is 0. The van der Waals surface area contributed by atoms with Crippen molar-refractivity contribution in [1.29, 1.82) is 0 Å². The fraction of sp³-hybridized carbons (Fsp3) is 0.667. The molecule has 1 saturated heterocycles. The number of carboxylic acids is 1. The Labute approximate surface area is 343 Å². The SMILES string of the molecule is C#C.C#C.C#C.C=CC.CC1(C)C(c2ccc(C(=O)O)cc2)=CC[C@@]2(C)C1CC[C@]1(C)C2CC[C@@H]2C3CCC[C@]3(CNCCCN3CCCC3CO)CC[C@]21C. The fourth-order valence-corrected chi connectivity index (χ4v) is 14.0. The van der Waals surface area contributed by atoms with E-state index in [4.69, 9.17) is 0 Å². The molecule has 1 heterocycles. The molecular weight excluding hydrogens is 689 g/mol. The molecule has 4 unspecified atom stereocenters. The average Bonchev–Trinajstić information content (AvgIpc) is 3.85. The molecule has 5 heteroatoms. The van der Waals surface area contributed by atoms with Gasteiger partial charge in [-0.15, -0.1) is 45.1 Å². The molecule has 56 heavy (non-hydrogen) atoms. The van der Waals surface area contributed by atoms with Gasteiger partial charge in [-0.1, -0.05) is 65.3 Å². The molecule has 5 aliphatic carbocycles. The summed E-state index contributed by atoms with van der Waals surface area (Å²) >= 11 is 0. The van der Waals surface area contributed by atoms with Gasteiger partial charge < -0.3 is 15.5 Å². The minimum absolute atomic E-state index is 0.0590. The molecule has 1 aliphatic heterocycles. The van der Waals surface area contributed by atoms with Gasteiger partial charge in [0, 0.05) is 12.6 Å². The molecule has 3 N–H and O–H groups in total. The number of hydrogen-bond acceptors (Lipinski definition) is 4. The molecule has 5 fully saturated rings. The molecular formula is C51H76N2O3. The number of benzene rings is 1. The molecule has 308 valence electrons. The van der Waals surface area contributed by atoms with Gasteiger partial charge in [-0.2, -0.15) is 0 Å². The highest BCUT2D eigenvalue weighted by Gasteiger charge is 2.69. The number of aromatic carboxylic acids is 1. The minimum atomic E-state index is -0.851. The van der Waals surface area contributed by atoms with Gasteiger partial charge in [0.15, 0.2) is 0 Å². The second-order valence-electron chi connectivity index (χ2n) is 18.9. The van der Waals surface area contributed by atoms with Crippen LogP contribution in [0.4, 0.5) is 0 Å². The third-order valence-corrected chi connectivity index (χ3v) is 16.5. The maximum absolute atomic E-state index is 11.5. The highest BCUT2D eigenvalue weighted by atomic mass is 16.4. The quantitative estimate of drug-likeness (QED) is 0.133. The van der Waals surface area contributed by atoms with E-state index < -0.39 is 5.97 Å². The van der Waals surface area contributed by atoms with Crippen molar-refractivity contribution in [2.75, 3.05) is 32.8 Å². The molecule has 1 aromatic carbocycles. The molecule has 7 rings (SSSR count). The molecule has 5 nitrogen and oxygen atoms in total. The lowest BCUT2D eigenvalue weighted by molar-refractivity contribution is -0.222. The van der Waals surface area contributed by atoms with E-state index in [1.54, 1.807) is 18.2 Å². The Morgan fingerprint density at radius 2 is 1.52 bits per heavy atom. The third kappa shape index (κ3) is 8.47. The van der Waals surface area contributed by atoms with Crippen molar-refractivity contribution in [2.45, 2.75) is 131 Å². The van der Waals surface area contributed by atoms with Gasteiger partial charge in [0.1, 0.15) is 0 Å². The summed E-state index contributed by atoms with van der Waals surface area (Å²) in [6.07, 6.45) is 45.6. The molecule has 6 aliphatic rings. The van der Waals surface area contributed by atoms with E-state index in [-0.39, 0.29) is 5.41 Å². The van der Waals surface area contributed by atoms with Crippen molar-refractivity contribution in [3.63, 3.8) is 0 Å². The smallest absolute Gasteiger partial charge is 0.335 e. The molecule has 0 spiro atoms. The maximum Gasteiger partial charge on any atom is 0.335 e. The van der Waals surface area contributed by atoms with Crippen LogP contribution in [0, 0.1) is 89.3 Å². The summed E-state index contributed by atoms with van der Waals surface area (Å²) in [6.45, 7) is 23.3. The second kappa shape index (κ2) is 19.9. The Kier molecular flexibility index (Phi) is 16.8. The number of nitrogens with one attached hydrogen (secondary N) is 1. The summed E-state index contributed by atoms with van der Waals surface area (Å²) in [6, 6.07) is 8.05. The van der Waals surface area contributed by atoms with Crippen LogP contribution in [0.3, 0.4) is 0 Å². The van der Waals surface area contributed by atoms with E-state index in [1.807, 2.05) is 19.1 Å². The highest BCUT2D eigenvalue weighted by Crippen LogP contribution is 2.77. The first-order valence-electron chi connectivity index (χ1n) is 21.5. The first-order chi connectivity index (χ1) is 26.8. The van der Waals surface area contributed by atoms with E-state index in [0.717, 1.165) is 50.2 Å². The average molecular weight is 765 g/mol. The maximum atomic E-state index is 11.5. The number of carbonyl (C=O) groups is 1. The van der Waals surface area contributed by atoms with Crippen molar-refractivity contribution >= 4 is 11.5 Å². The minimum Gasteiger partial charge on any atom is -0.478 e. The normalized spacial score (nSPS) is 36.1. The lowest BCUT2D eigenvalue weighted by Gasteiger charge is -2.72. The Morgan fingerprint density at radius 1 is 0.857 bits per heavy atom. The standard InChI is InChI=1S/C42H64N2O3.C3H6.3C2H2/c1-38(2)32(29-11-13-30(14-12-29)37(46)47)17-20-39(3)35(38)18-21-41(5)36(39)16-15-33-34-10-6-19-42(34,23-22-40(33,41)4)28-43-24-8-26-44-25-7-9-31(44)27-45;1-3-2;3*1-2/h11-14,17,31,33-36,43,45H,6-10,15-16,18-28H2,1-5H3,(H,46,47);3H,1H2,2H3;3*1-2H/t31?,33-,34?,35?,36?,39+,40-,41-,42-;;;;/m1..../s1. The van der Waals surface area contributed by atoms with Crippen LogP contribution in [0.5, 0.6) is 0 Å². The molecule has 4 saturated carbocycles. The number of aliphatic hydroxyl groups is 1. The largest absolute Gasteiger partial charge is 0.478 e. The monoisotopic (exact) mass is 765 g/mol. The van der Waals surface area contributed by atoms with Gasteiger partial charge in [-0.25, -0.2) is 4.79 Å². The van der Waals surface area contributed by atoms with Crippen molar-refractivity contribution in [3.05, 3.63) is 54.1 Å². The molecule has 9 atom stereocenters. The first-order valence-corrected chi connectivity index (χ1v) is 21.5. The topological polar surface area (TPSA) is 72.8 Å². The summed E-state index contributed by atoms with van der Waals surface area (Å²) in [4.78, 5) is 14.0. The van der Waals surface area contributed by atoms with Gasteiger partial charge in [0.2, 0.25) is 0 Å². The van der Waals surface area contributed by atoms with Crippen LogP contribution < -0.4 is 5.32 Å². The number of carboxylic acid groups (broad SMARTS) is 1. The van der Waals surface area contributed by atoms with Gasteiger partial charge in [0.25, 0.3) is 0 Å². The van der Waals surface area contributed by atoms with Crippen LogP contribution in [0.25, 0.3) is 5.57 Å². The highest BCUT2D eigenvalue weighted by molar-refractivity contribution is 5.88. The zero-order chi connectivity index (χ0) is 42.0. The van der Waals surface area contributed by atoms with Crippen LogP contribution in [0.1, 0.15) is 141 Å². The summed E-state index contributed by atoms with van der Waals surface area (Å²) < 4.78 is 0. The summed E-state index contributed by atoms with van der Waals surface area (Å²) in [5.74, 6) is 2.27. The number of terminal acetylenes is 3. The van der Waals surface area contributed by atoms with Gasteiger partial charge >= 0.3 is 5.97 Å². The number of rotatable bonds is 9. The number of likely N-dealkylation sites (tertiary alicyclic amines) is 1. The third-order valence-electron chi connectivity index (χ3n) is 16.5. The predicted molar refractivity (Wildman–Crippen MR) is 237 cm³/mol. The fourth-order valence-electron chi connectivity index (χ4n) is 14.0.